The molecule has 3 fully saturated rings. The molecule has 0 atom stereocenters. The van der Waals surface area contributed by atoms with Gasteiger partial charge in [0.25, 0.3) is 5.91 Å². The largest absolute Gasteiger partial charge is 0.333 e. The summed E-state index contributed by atoms with van der Waals surface area (Å²) in [6.45, 7) is 0.534. The normalized spacial score (nSPS) is 23.6. The van der Waals surface area contributed by atoms with Crippen LogP contribution in [0.15, 0.2) is 24.3 Å². The molecule has 4 rings (SSSR count). The molecule has 1 amide bonds. The number of carbonyl (C=O) groups is 1. The van der Waals surface area contributed by atoms with Gasteiger partial charge in [-0.3, -0.25) is 9.10 Å². The van der Waals surface area contributed by atoms with Crippen LogP contribution in [0.5, 0.6) is 0 Å². The van der Waals surface area contributed by atoms with Crippen LogP contribution >= 0.6 is 0 Å². The van der Waals surface area contributed by atoms with Gasteiger partial charge in [0.2, 0.25) is 10.0 Å². The molecule has 0 spiro atoms. The summed E-state index contributed by atoms with van der Waals surface area (Å²) in [6.07, 6.45) is 7.57. The number of anilines is 1. The molecule has 2 saturated carbocycles. The minimum absolute atomic E-state index is 0.111. The Hall–Kier alpha value is -1.56. The van der Waals surface area contributed by atoms with Crippen LogP contribution in [0.1, 0.15) is 55.3 Å². The van der Waals surface area contributed by atoms with Crippen LogP contribution in [0.2, 0.25) is 0 Å². The molecule has 0 radical (unpaired) electrons. The zero-order valence-electron chi connectivity index (χ0n) is 13.9. The topological polar surface area (TPSA) is 57.7 Å². The van der Waals surface area contributed by atoms with E-state index in [4.69, 9.17) is 0 Å². The second kappa shape index (κ2) is 6.06. The Labute approximate surface area is 143 Å². The number of hydrogen-bond acceptors (Lipinski definition) is 3. The summed E-state index contributed by atoms with van der Waals surface area (Å²) >= 11 is 0. The van der Waals surface area contributed by atoms with Crippen molar-refractivity contribution >= 4 is 21.6 Å². The van der Waals surface area contributed by atoms with Crippen LogP contribution < -0.4 is 4.31 Å². The van der Waals surface area contributed by atoms with Gasteiger partial charge in [-0.1, -0.05) is 12.8 Å². The number of nitrogens with zero attached hydrogens (tertiary/aromatic N) is 2. The molecule has 0 aromatic heterocycles. The van der Waals surface area contributed by atoms with Crippen molar-refractivity contribution < 1.29 is 13.2 Å². The lowest BCUT2D eigenvalue weighted by atomic mass is 10.1. The average molecular weight is 348 g/mol. The Morgan fingerprint density at radius 1 is 0.958 bits per heavy atom. The van der Waals surface area contributed by atoms with E-state index < -0.39 is 10.0 Å². The second-order valence-electron chi connectivity index (χ2n) is 7.17. The molecular formula is C18H24N2O3S. The van der Waals surface area contributed by atoms with Gasteiger partial charge in [-0.05, 0) is 56.4 Å². The molecule has 0 bridgehead atoms. The van der Waals surface area contributed by atoms with Crippen LogP contribution in [0.25, 0.3) is 0 Å². The molecule has 6 heteroatoms. The average Bonchev–Trinajstić information content (AvgIpc) is 3.12. The van der Waals surface area contributed by atoms with Crippen LogP contribution in [0.4, 0.5) is 5.69 Å². The molecule has 0 N–H and O–H groups in total. The van der Waals surface area contributed by atoms with Crippen molar-refractivity contribution in [2.45, 2.75) is 57.0 Å². The number of hydrogen-bond donors (Lipinski definition) is 0. The Bertz CT molecular complexity index is 719. The van der Waals surface area contributed by atoms with E-state index in [1.807, 2.05) is 0 Å². The third-order valence-electron chi connectivity index (χ3n) is 5.39. The molecule has 1 heterocycles. The van der Waals surface area contributed by atoms with Gasteiger partial charge in [0.1, 0.15) is 0 Å². The minimum Gasteiger partial charge on any atom is -0.333 e. The predicted molar refractivity (Wildman–Crippen MR) is 93.6 cm³/mol. The van der Waals surface area contributed by atoms with Gasteiger partial charge < -0.3 is 4.90 Å². The summed E-state index contributed by atoms with van der Waals surface area (Å²) < 4.78 is 25.5. The first-order valence-corrected chi connectivity index (χ1v) is 10.6. The van der Waals surface area contributed by atoms with Gasteiger partial charge in [-0.15, -0.1) is 0 Å². The van der Waals surface area contributed by atoms with Gasteiger partial charge in [-0.25, -0.2) is 8.42 Å². The van der Waals surface area contributed by atoms with Crippen LogP contribution in [0.3, 0.4) is 0 Å². The van der Waals surface area contributed by atoms with Gasteiger partial charge in [0, 0.05) is 24.2 Å². The summed E-state index contributed by atoms with van der Waals surface area (Å²) in [7, 11) is -3.17. The molecule has 24 heavy (non-hydrogen) atoms. The quantitative estimate of drug-likeness (QED) is 0.841. The smallest absolute Gasteiger partial charge is 0.254 e. The van der Waals surface area contributed by atoms with E-state index >= 15 is 0 Å². The van der Waals surface area contributed by atoms with Crippen molar-refractivity contribution in [3.05, 3.63) is 29.8 Å². The van der Waals surface area contributed by atoms with Crippen molar-refractivity contribution in [2.24, 2.45) is 0 Å². The number of sulfonamides is 1. The highest BCUT2D eigenvalue weighted by molar-refractivity contribution is 7.93. The monoisotopic (exact) mass is 348 g/mol. The number of carbonyl (C=O) groups excluding carboxylic acids is 1. The SMILES string of the molecule is O=C(c1ccc(N2CCCS2(=O)=O)cc1)N(C1CCCC1)C1CC1. The van der Waals surface area contributed by atoms with Crippen molar-refractivity contribution in [1.82, 2.24) is 4.90 Å². The maximum Gasteiger partial charge on any atom is 0.254 e. The molecule has 0 unspecified atom stereocenters. The fourth-order valence-electron chi connectivity index (χ4n) is 4.01. The fraction of sp³-hybridized carbons (Fsp3) is 0.611. The zero-order valence-corrected chi connectivity index (χ0v) is 14.7. The maximum absolute atomic E-state index is 13.0. The van der Waals surface area contributed by atoms with E-state index in [1.165, 1.54) is 17.1 Å². The lowest BCUT2D eigenvalue weighted by Gasteiger charge is -2.29. The summed E-state index contributed by atoms with van der Waals surface area (Å²) in [5, 5.41) is 0. The van der Waals surface area contributed by atoms with Crippen LogP contribution in [-0.4, -0.2) is 43.6 Å². The van der Waals surface area contributed by atoms with Crippen molar-refractivity contribution in [3.8, 4) is 0 Å². The van der Waals surface area contributed by atoms with Crippen molar-refractivity contribution in [1.29, 1.82) is 0 Å². The molecular weight excluding hydrogens is 324 g/mol. The van der Waals surface area contributed by atoms with Gasteiger partial charge in [0.05, 0.1) is 11.4 Å². The third-order valence-corrected chi connectivity index (χ3v) is 7.26. The van der Waals surface area contributed by atoms with Crippen molar-refractivity contribution in [2.75, 3.05) is 16.6 Å². The summed E-state index contributed by atoms with van der Waals surface area (Å²) in [4.78, 5) is 15.1. The maximum atomic E-state index is 13.0. The minimum atomic E-state index is -3.17. The lowest BCUT2D eigenvalue weighted by Crippen LogP contribution is -2.40. The molecule has 1 aliphatic heterocycles. The third kappa shape index (κ3) is 2.92. The molecule has 2 aliphatic carbocycles. The molecule has 1 aromatic rings. The van der Waals surface area contributed by atoms with Gasteiger partial charge in [-0.2, -0.15) is 0 Å². The van der Waals surface area contributed by atoms with E-state index in [2.05, 4.69) is 4.90 Å². The number of rotatable bonds is 4. The van der Waals surface area contributed by atoms with Gasteiger partial charge in [0.15, 0.2) is 0 Å². The first-order chi connectivity index (χ1) is 11.6. The van der Waals surface area contributed by atoms with Crippen molar-refractivity contribution in [3.63, 3.8) is 0 Å². The summed E-state index contributed by atoms with van der Waals surface area (Å²) in [6, 6.07) is 7.93. The number of benzene rings is 1. The van der Waals surface area contributed by atoms with Gasteiger partial charge >= 0.3 is 0 Å². The highest BCUT2D eigenvalue weighted by Crippen LogP contribution is 2.36. The standard InChI is InChI=1S/C18H24N2O3S/c21-18(20(17-10-11-17)16-4-1-2-5-16)14-6-8-15(9-7-14)19-12-3-13-24(19,22)23/h6-9,16-17H,1-5,10-13H2. The molecule has 5 nitrogen and oxygen atoms in total. The van der Waals surface area contributed by atoms with E-state index in [9.17, 15) is 13.2 Å². The van der Waals surface area contributed by atoms with Crippen LogP contribution in [0, 0.1) is 0 Å². The fourth-order valence-corrected chi connectivity index (χ4v) is 5.58. The molecule has 130 valence electrons. The van der Waals surface area contributed by atoms with E-state index in [0.717, 1.165) is 25.7 Å². The Balaban J connectivity index is 1.54. The van der Waals surface area contributed by atoms with Crippen LogP contribution in [-0.2, 0) is 10.0 Å². The Morgan fingerprint density at radius 2 is 1.58 bits per heavy atom. The highest BCUT2D eigenvalue weighted by atomic mass is 32.2. The Morgan fingerprint density at radius 3 is 2.12 bits per heavy atom. The zero-order chi connectivity index (χ0) is 16.7. The number of amides is 1. The first kappa shape index (κ1) is 15.9. The van der Waals surface area contributed by atoms with E-state index in [1.54, 1.807) is 24.3 Å². The molecule has 1 aromatic carbocycles. The van der Waals surface area contributed by atoms with E-state index in [0.29, 0.717) is 36.3 Å². The first-order valence-electron chi connectivity index (χ1n) is 8.99. The lowest BCUT2D eigenvalue weighted by molar-refractivity contribution is 0.0664. The molecule has 1 saturated heterocycles. The van der Waals surface area contributed by atoms with E-state index in [-0.39, 0.29) is 11.7 Å². The highest BCUT2D eigenvalue weighted by Gasteiger charge is 2.38. The molecule has 3 aliphatic rings. The predicted octanol–water partition coefficient (Wildman–Crippen LogP) is 2.77. The Kier molecular flexibility index (Phi) is 4.03. The summed E-state index contributed by atoms with van der Waals surface area (Å²) in [5.41, 5.74) is 1.34. The second-order valence-corrected chi connectivity index (χ2v) is 9.18. The summed E-state index contributed by atoms with van der Waals surface area (Å²) in [5.74, 6) is 0.324.